The summed E-state index contributed by atoms with van der Waals surface area (Å²) in [6.45, 7) is 1.46. The van der Waals surface area contributed by atoms with Gasteiger partial charge in [0.25, 0.3) is 0 Å². The van der Waals surface area contributed by atoms with Gasteiger partial charge in [0.2, 0.25) is 0 Å². The Morgan fingerprint density at radius 2 is 2.53 bits per heavy atom. The van der Waals surface area contributed by atoms with Crippen molar-refractivity contribution < 1.29 is 19.4 Å². The van der Waals surface area contributed by atoms with Crippen LogP contribution in [0.3, 0.4) is 0 Å². The molecule has 1 saturated heterocycles. The summed E-state index contributed by atoms with van der Waals surface area (Å²) in [7, 11) is 1.31. The quantitative estimate of drug-likeness (QED) is 0.722. The highest BCUT2D eigenvalue weighted by Crippen LogP contribution is 2.22. The fourth-order valence-corrected chi connectivity index (χ4v) is 2.01. The maximum absolute atomic E-state index is 11.8. The molecule has 0 amide bonds. The Balaban J connectivity index is 2.30. The molecule has 2 rings (SSSR count). The van der Waals surface area contributed by atoms with Crippen molar-refractivity contribution in [2.75, 3.05) is 44.0 Å². The van der Waals surface area contributed by atoms with E-state index in [0.29, 0.717) is 36.8 Å². The molecule has 7 heteroatoms. The fourth-order valence-electron chi connectivity index (χ4n) is 2.01. The van der Waals surface area contributed by atoms with Gasteiger partial charge in [0.1, 0.15) is 11.4 Å². The Morgan fingerprint density at radius 1 is 1.74 bits per heavy atom. The number of aromatic nitrogens is 1. The molecule has 0 bridgehead atoms. The lowest BCUT2D eigenvalue weighted by atomic mass is 10.2. The van der Waals surface area contributed by atoms with E-state index in [-0.39, 0.29) is 12.7 Å². The fraction of sp³-hybridized carbons (Fsp3) is 0.500. The standard InChI is InChI=1S/C12H17N3O4/c1-18-12(17)10-4-8(13)5-14-11(10)15-2-3-19-9(6-15)7-16/h4-5,9,16H,2-3,6-7,13H2,1H3. The molecule has 0 spiro atoms. The van der Waals surface area contributed by atoms with Gasteiger partial charge in [-0.3, -0.25) is 0 Å². The summed E-state index contributed by atoms with van der Waals surface area (Å²) in [6, 6.07) is 1.54. The Labute approximate surface area is 110 Å². The third-order valence-electron chi connectivity index (χ3n) is 2.94. The predicted molar refractivity (Wildman–Crippen MR) is 69.0 cm³/mol. The second kappa shape index (κ2) is 5.85. The van der Waals surface area contributed by atoms with Gasteiger partial charge in [0.05, 0.1) is 38.3 Å². The number of esters is 1. The highest BCUT2D eigenvalue weighted by atomic mass is 16.5. The summed E-state index contributed by atoms with van der Waals surface area (Å²) in [4.78, 5) is 17.8. The monoisotopic (exact) mass is 267 g/mol. The molecular weight excluding hydrogens is 250 g/mol. The Hall–Kier alpha value is -1.86. The summed E-state index contributed by atoms with van der Waals surface area (Å²) in [6.07, 6.45) is 1.21. The summed E-state index contributed by atoms with van der Waals surface area (Å²) in [5, 5.41) is 9.14. The Morgan fingerprint density at radius 3 is 3.21 bits per heavy atom. The van der Waals surface area contributed by atoms with E-state index in [2.05, 4.69) is 4.98 Å². The zero-order chi connectivity index (χ0) is 13.8. The van der Waals surface area contributed by atoms with E-state index in [0.717, 1.165) is 0 Å². The van der Waals surface area contributed by atoms with Gasteiger partial charge in [-0.2, -0.15) is 0 Å². The number of hydrogen-bond acceptors (Lipinski definition) is 7. The van der Waals surface area contributed by atoms with Crippen LogP contribution in [0, 0.1) is 0 Å². The zero-order valence-corrected chi connectivity index (χ0v) is 10.7. The van der Waals surface area contributed by atoms with Crippen LogP contribution in [-0.2, 0) is 9.47 Å². The summed E-state index contributed by atoms with van der Waals surface area (Å²) >= 11 is 0. The molecule has 19 heavy (non-hydrogen) atoms. The minimum atomic E-state index is -0.484. The molecule has 1 aliphatic rings. The molecule has 104 valence electrons. The zero-order valence-electron chi connectivity index (χ0n) is 10.7. The van der Waals surface area contributed by atoms with Crippen molar-refractivity contribution >= 4 is 17.5 Å². The van der Waals surface area contributed by atoms with Crippen molar-refractivity contribution in [3.63, 3.8) is 0 Å². The number of nitrogens with two attached hydrogens (primary N) is 1. The van der Waals surface area contributed by atoms with Gasteiger partial charge in [-0.25, -0.2) is 9.78 Å². The molecule has 1 aromatic rings. The maximum Gasteiger partial charge on any atom is 0.341 e. The van der Waals surface area contributed by atoms with Gasteiger partial charge in [-0.15, -0.1) is 0 Å². The van der Waals surface area contributed by atoms with Crippen LogP contribution in [-0.4, -0.2) is 55.6 Å². The van der Waals surface area contributed by atoms with Crippen LogP contribution in [0.4, 0.5) is 11.5 Å². The smallest absolute Gasteiger partial charge is 0.341 e. The number of anilines is 2. The van der Waals surface area contributed by atoms with Gasteiger partial charge in [-0.05, 0) is 6.07 Å². The minimum absolute atomic E-state index is 0.0704. The highest BCUT2D eigenvalue weighted by Gasteiger charge is 2.25. The van der Waals surface area contributed by atoms with Gasteiger partial charge in [-0.1, -0.05) is 0 Å². The van der Waals surface area contributed by atoms with E-state index in [1.54, 1.807) is 0 Å². The Kier molecular flexibility index (Phi) is 4.18. The van der Waals surface area contributed by atoms with Crippen LogP contribution >= 0.6 is 0 Å². The summed E-state index contributed by atoms with van der Waals surface area (Å²) in [5.74, 6) is 0.0182. The topological polar surface area (TPSA) is 97.9 Å². The summed E-state index contributed by atoms with van der Waals surface area (Å²) < 4.78 is 10.1. The first-order chi connectivity index (χ1) is 9.15. The van der Waals surface area contributed by atoms with E-state index in [4.69, 9.17) is 20.3 Å². The first kappa shape index (κ1) is 13.6. The number of nitrogen functional groups attached to an aromatic ring is 1. The molecule has 0 radical (unpaired) electrons. The van der Waals surface area contributed by atoms with E-state index in [1.165, 1.54) is 19.4 Å². The predicted octanol–water partition coefficient (Wildman–Crippen LogP) is -0.352. The number of morpholine rings is 1. The number of nitrogens with zero attached hydrogens (tertiary/aromatic N) is 2. The molecule has 1 aromatic heterocycles. The average molecular weight is 267 g/mol. The van der Waals surface area contributed by atoms with Crippen LogP contribution < -0.4 is 10.6 Å². The summed E-state index contributed by atoms with van der Waals surface area (Å²) in [5.41, 5.74) is 6.37. The van der Waals surface area contributed by atoms with Gasteiger partial charge in [0.15, 0.2) is 0 Å². The number of rotatable bonds is 3. The molecule has 1 aliphatic heterocycles. The average Bonchev–Trinajstić information content (AvgIpc) is 2.46. The lowest BCUT2D eigenvalue weighted by molar-refractivity contribution is 0.00327. The van der Waals surface area contributed by atoms with Crippen LogP contribution in [0.5, 0.6) is 0 Å². The van der Waals surface area contributed by atoms with Crippen molar-refractivity contribution in [1.82, 2.24) is 4.98 Å². The van der Waals surface area contributed by atoms with Crippen LogP contribution in [0.1, 0.15) is 10.4 Å². The van der Waals surface area contributed by atoms with E-state index >= 15 is 0 Å². The first-order valence-electron chi connectivity index (χ1n) is 5.97. The molecule has 1 atom stereocenters. The van der Waals surface area contributed by atoms with Crippen molar-refractivity contribution in [3.05, 3.63) is 17.8 Å². The highest BCUT2D eigenvalue weighted by molar-refractivity contribution is 5.95. The van der Waals surface area contributed by atoms with Crippen LogP contribution in [0.25, 0.3) is 0 Å². The van der Waals surface area contributed by atoms with Crippen molar-refractivity contribution in [2.24, 2.45) is 0 Å². The number of methoxy groups -OCH3 is 1. The van der Waals surface area contributed by atoms with E-state index < -0.39 is 5.97 Å². The van der Waals surface area contributed by atoms with Gasteiger partial charge in [0, 0.05) is 13.1 Å². The van der Waals surface area contributed by atoms with E-state index in [1.807, 2.05) is 4.90 Å². The van der Waals surface area contributed by atoms with Crippen molar-refractivity contribution in [2.45, 2.75) is 6.10 Å². The largest absolute Gasteiger partial charge is 0.465 e. The molecule has 1 unspecified atom stereocenters. The number of pyridine rings is 1. The molecule has 0 aromatic carbocycles. The van der Waals surface area contributed by atoms with Crippen molar-refractivity contribution in [3.8, 4) is 0 Å². The number of aliphatic hydroxyl groups is 1. The maximum atomic E-state index is 11.8. The Bertz CT molecular complexity index is 466. The second-order valence-electron chi connectivity index (χ2n) is 4.25. The molecule has 7 nitrogen and oxygen atoms in total. The minimum Gasteiger partial charge on any atom is -0.465 e. The number of ether oxygens (including phenoxy) is 2. The molecule has 0 aliphatic carbocycles. The van der Waals surface area contributed by atoms with E-state index in [9.17, 15) is 4.79 Å². The number of carbonyl (C=O) groups is 1. The number of aliphatic hydroxyl groups excluding tert-OH is 1. The van der Waals surface area contributed by atoms with Crippen LogP contribution in [0.2, 0.25) is 0 Å². The normalized spacial score (nSPS) is 19.3. The molecule has 3 N–H and O–H groups in total. The SMILES string of the molecule is COC(=O)c1cc(N)cnc1N1CCOC(CO)C1. The number of hydrogen-bond donors (Lipinski definition) is 2. The third-order valence-corrected chi connectivity index (χ3v) is 2.94. The van der Waals surface area contributed by atoms with Crippen molar-refractivity contribution in [1.29, 1.82) is 0 Å². The molecule has 0 saturated carbocycles. The molecule has 2 heterocycles. The molecule has 1 fully saturated rings. The van der Waals surface area contributed by atoms with Crippen LogP contribution in [0.15, 0.2) is 12.3 Å². The van der Waals surface area contributed by atoms with Gasteiger partial charge < -0.3 is 25.2 Å². The number of carbonyl (C=O) groups excluding carboxylic acids is 1. The lowest BCUT2D eigenvalue weighted by Gasteiger charge is -2.33. The third kappa shape index (κ3) is 2.94. The van der Waals surface area contributed by atoms with Gasteiger partial charge >= 0.3 is 5.97 Å². The second-order valence-corrected chi connectivity index (χ2v) is 4.25. The lowest BCUT2D eigenvalue weighted by Crippen LogP contribution is -2.45. The first-order valence-corrected chi connectivity index (χ1v) is 5.97. The molecular formula is C12H17N3O4.